The Bertz CT molecular complexity index is 438. The highest BCUT2D eigenvalue weighted by Crippen LogP contribution is 2.39. The number of hydrogen-bond donors (Lipinski definition) is 2. The first-order chi connectivity index (χ1) is 8.51. The molecular formula is C12H17ClN2O3. The van der Waals surface area contributed by atoms with Crippen molar-refractivity contribution < 1.29 is 14.3 Å². The number of amides is 1. The molecular weight excluding hydrogens is 256 g/mol. The third-order valence-electron chi connectivity index (χ3n) is 2.62. The monoisotopic (exact) mass is 272 g/mol. The highest BCUT2D eigenvalue weighted by atomic mass is 35.5. The molecule has 100 valence electrons. The van der Waals surface area contributed by atoms with Gasteiger partial charge in [-0.25, -0.2) is 0 Å². The Labute approximate surface area is 111 Å². The molecule has 6 heteroatoms. The van der Waals surface area contributed by atoms with Crippen LogP contribution in [0.4, 0.5) is 0 Å². The maximum Gasteiger partial charge on any atom is 0.217 e. The van der Waals surface area contributed by atoms with Gasteiger partial charge in [0.2, 0.25) is 5.91 Å². The average Bonchev–Trinajstić information content (AvgIpc) is 2.35. The number of rotatable bonds is 6. The zero-order valence-electron chi connectivity index (χ0n) is 10.4. The third-order valence-corrected chi connectivity index (χ3v) is 2.98. The largest absolute Gasteiger partial charge is 0.495 e. The van der Waals surface area contributed by atoms with E-state index in [1.54, 1.807) is 12.1 Å². The summed E-state index contributed by atoms with van der Waals surface area (Å²) in [4.78, 5) is 10.7. The fourth-order valence-electron chi connectivity index (χ4n) is 1.66. The zero-order chi connectivity index (χ0) is 13.7. The molecule has 1 atom stereocenters. The van der Waals surface area contributed by atoms with Crippen LogP contribution in [-0.2, 0) is 4.79 Å². The van der Waals surface area contributed by atoms with Crippen LogP contribution in [0.25, 0.3) is 0 Å². The molecule has 0 aromatic heterocycles. The maximum absolute atomic E-state index is 10.7. The number of carbonyl (C=O) groups is 1. The fraction of sp³-hybridized carbons (Fsp3) is 0.417. The first-order valence-corrected chi connectivity index (χ1v) is 5.83. The Morgan fingerprint density at radius 2 is 2.06 bits per heavy atom. The third kappa shape index (κ3) is 3.27. The lowest BCUT2D eigenvalue weighted by Crippen LogP contribution is -2.17. The van der Waals surface area contributed by atoms with Crippen molar-refractivity contribution >= 4 is 17.5 Å². The molecule has 0 saturated heterocycles. The van der Waals surface area contributed by atoms with Crippen molar-refractivity contribution in [3.05, 3.63) is 22.7 Å². The molecule has 4 N–H and O–H groups in total. The SMILES string of the molecule is COc1ccc(C(N)CCC(N)=O)c(OC)c1Cl. The van der Waals surface area contributed by atoms with Crippen LogP contribution in [0, 0.1) is 0 Å². The van der Waals surface area contributed by atoms with Crippen LogP contribution in [0.3, 0.4) is 0 Å². The molecule has 1 aromatic rings. The van der Waals surface area contributed by atoms with Crippen molar-refractivity contribution in [1.82, 2.24) is 0 Å². The van der Waals surface area contributed by atoms with Crippen molar-refractivity contribution in [3.8, 4) is 11.5 Å². The van der Waals surface area contributed by atoms with E-state index in [-0.39, 0.29) is 18.4 Å². The van der Waals surface area contributed by atoms with Crippen molar-refractivity contribution in [2.24, 2.45) is 11.5 Å². The van der Waals surface area contributed by atoms with Crippen molar-refractivity contribution in [2.45, 2.75) is 18.9 Å². The van der Waals surface area contributed by atoms with E-state index in [1.165, 1.54) is 14.2 Å². The molecule has 1 aromatic carbocycles. The highest BCUT2D eigenvalue weighted by Gasteiger charge is 2.18. The van der Waals surface area contributed by atoms with E-state index in [0.717, 1.165) is 5.56 Å². The first-order valence-electron chi connectivity index (χ1n) is 5.45. The maximum atomic E-state index is 10.7. The van der Waals surface area contributed by atoms with Gasteiger partial charge < -0.3 is 20.9 Å². The molecule has 1 unspecified atom stereocenters. The molecule has 0 heterocycles. The van der Waals surface area contributed by atoms with E-state index in [9.17, 15) is 4.79 Å². The van der Waals surface area contributed by atoms with Gasteiger partial charge in [0, 0.05) is 18.0 Å². The standard InChI is InChI=1S/C12H17ClN2O3/c1-17-9-5-3-7(12(18-2)11(9)13)8(14)4-6-10(15)16/h3,5,8H,4,6,14H2,1-2H3,(H2,15,16). The quantitative estimate of drug-likeness (QED) is 0.824. The minimum atomic E-state index is -0.385. The molecule has 1 amide bonds. The predicted octanol–water partition coefficient (Wildman–Crippen LogP) is 1.62. The van der Waals surface area contributed by atoms with Gasteiger partial charge in [-0.05, 0) is 18.6 Å². The number of ether oxygens (including phenoxy) is 2. The van der Waals surface area contributed by atoms with Crippen LogP contribution >= 0.6 is 11.6 Å². The molecule has 0 aliphatic rings. The van der Waals surface area contributed by atoms with Gasteiger partial charge in [0.15, 0.2) is 0 Å². The lowest BCUT2D eigenvalue weighted by molar-refractivity contribution is -0.118. The van der Waals surface area contributed by atoms with E-state index in [2.05, 4.69) is 0 Å². The van der Waals surface area contributed by atoms with Crippen LogP contribution in [0.15, 0.2) is 12.1 Å². The summed E-state index contributed by atoms with van der Waals surface area (Å²) in [5.41, 5.74) is 11.8. The van der Waals surface area contributed by atoms with E-state index >= 15 is 0 Å². The second-order valence-corrected chi connectivity index (χ2v) is 4.19. The summed E-state index contributed by atoms with van der Waals surface area (Å²) in [6.07, 6.45) is 0.655. The first kappa shape index (κ1) is 14.6. The fourth-order valence-corrected chi connectivity index (χ4v) is 1.99. The molecule has 0 saturated carbocycles. The van der Waals surface area contributed by atoms with Gasteiger partial charge >= 0.3 is 0 Å². The number of benzene rings is 1. The smallest absolute Gasteiger partial charge is 0.217 e. The van der Waals surface area contributed by atoms with Gasteiger partial charge in [-0.15, -0.1) is 0 Å². The molecule has 0 radical (unpaired) electrons. The minimum Gasteiger partial charge on any atom is -0.495 e. The summed E-state index contributed by atoms with van der Waals surface area (Å²) < 4.78 is 10.3. The molecule has 5 nitrogen and oxygen atoms in total. The molecule has 0 aliphatic carbocycles. The van der Waals surface area contributed by atoms with Crippen LogP contribution in [-0.4, -0.2) is 20.1 Å². The second kappa shape index (κ2) is 6.47. The Kier molecular flexibility index (Phi) is 5.25. The predicted molar refractivity (Wildman–Crippen MR) is 69.9 cm³/mol. The topological polar surface area (TPSA) is 87.6 Å². The van der Waals surface area contributed by atoms with Crippen LogP contribution < -0.4 is 20.9 Å². The van der Waals surface area contributed by atoms with Gasteiger partial charge in [-0.3, -0.25) is 4.79 Å². The lowest BCUT2D eigenvalue weighted by atomic mass is 10.0. The molecule has 18 heavy (non-hydrogen) atoms. The molecule has 0 bridgehead atoms. The highest BCUT2D eigenvalue weighted by molar-refractivity contribution is 6.33. The van der Waals surface area contributed by atoms with E-state index in [1.807, 2.05) is 0 Å². The molecule has 0 aliphatic heterocycles. The van der Waals surface area contributed by atoms with E-state index in [4.69, 9.17) is 32.5 Å². The van der Waals surface area contributed by atoms with Crippen LogP contribution in [0.5, 0.6) is 11.5 Å². The van der Waals surface area contributed by atoms with Crippen molar-refractivity contribution in [3.63, 3.8) is 0 Å². The summed E-state index contributed by atoms with van der Waals surface area (Å²) in [6.45, 7) is 0. The van der Waals surface area contributed by atoms with Crippen LogP contribution in [0.2, 0.25) is 5.02 Å². The summed E-state index contributed by atoms with van der Waals surface area (Å²) in [7, 11) is 3.03. The summed E-state index contributed by atoms with van der Waals surface area (Å²) in [5, 5.41) is 0.368. The summed E-state index contributed by atoms with van der Waals surface area (Å²) >= 11 is 6.12. The molecule has 0 spiro atoms. The van der Waals surface area contributed by atoms with Gasteiger partial charge in [-0.1, -0.05) is 11.6 Å². The van der Waals surface area contributed by atoms with Gasteiger partial charge in [0.25, 0.3) is 0 Å². The van der Waals surface area contributed by atoms with E-state index < -0.39 is 0 Å². The average molecular weight is 273 g/mol. The second-order valence-electron chi connectivity index (χ2n) is 3.82. The van der Waals surface area contributed by atoms with Gasteiger partial charge in [-0.2, -0.15) is 0 Å². The molecule has 0 fully saturated rings. The summed E-state index contributed by atoms with van der Waals surface area (Å²) in [5.74, 6) is 0.594. The van der Waals surface area contributed by atoms with E-state index in [0.29, 0.717) is 22.9 Å². The number of nitrogens with two attached hydrogens (primary N) is 2. The number of methoxy groups -OCH3 is 2. The molecule has 1 rings (SSSR count). The van der Waals surface area contributed by atoms with Gasteiger partial charge in [0.05, 0.1) is 14.2 Å². The minimum absolute atomic E-state index is 0.216. The van der Waals surface area contributed by atoms with Crippen LogP contribution in [0.1, 0.15) is 24.4 Å². The number of carbonyl (C=O) groups excluding carboxylic acids is 1. The Balaban J connectivity index is 3.01. The van der Waals surface area contributed by atoms with Gasteiger partial charge in [0.1, 0.15) is 16.5 Å². The number of hydrogen-bond acceptors (Lipinski definition) is 4. The summed E-state index contributed by atoms with van der Waals surface area (Å²) in [6, 6.07) is 3.12. The Morgan fingerprint density at radius 1 is 1.39 bits per heavy atom. The number of primary amides is 1. The lowest BCUT2D eigenvalue weighted by Gasteiger charge is -2.17. The van der Waals surface area contributed by atoms with Crippen molar-refractivity contribution in [1.29, 1.82) is 0 Å². The van der Waals surface area contributed by atoms with Crippen molar-refractivity contribution in [2.75, 3.05) is 14.2 Å². The normalized spacial score (nSPS) is 12.0. The Morgan fingerprint density at radius 3 is 2.56 bits per heavy atom. The Hall–Kier alpha value is -1.46. The zero-order valence-corrected chi connectivity index (χ0v) is 11.2. The number of halogens is 1.